The summed E-state index contributed by atoms with van der Waals surface area (Å²) >= 11 is 1.27. The van der Waals surface area contributed by atoms with Crippen LogP contribution in [-0.2, 0) is 9.53 Å². The normalized spacial score (nSPS) is 23.8. The average molecular weight is 436 g/mol. The maximum atomic E-state index is 13.5. The number of carbonyl (C=O) groups excluding carboxylic acids is 1. The summed E-state index contributed by atoms with van der Waals surface area (Å²) in [5.41, 5.74) is 0.157. The molecule has 2 aromatic carbocycles. The lowest BCUT2D eigenvalue weighted by atomic mass is 9.81. The molecule has 0 saturated heterocycles. The van der Waals surface area contributed by atoms with E-state index in [1.165, 1.54) is 18.4 Å². The Balaban J connectivity index is 1.80. The summed E-state index contributed by atoms with van der Waals surface area (Å²) in [6.07, 6.45) is 1.79. The zero-order chi connectivity index (χ0) is 21.8. The summed E-state index contributed by atoms with van der Waals surface area (Å²) in [6, 6.07) is 14.3. The van der Waals surface area contributed by atoms with E-state index < -0.39 is 23.7 Å². The van der Waals surface area contributed by atoms with E-state index in [1.54, 1.807) is 24.7 Å². The van der Waals surface area contributed by atoms with Crippen molar-refractivity contribution < 1.29 is 19.0 Å². The summed E-state index contributed by atoms with van der Waals surface area (Å²) in [6.45, 7) is 1.76. The van der Waals surface area contributed by atoms with E-state index in [0.29, 0.717) is 20.8 Å². The molecule has 0 radical (unpaired) electrons. The van der Waals surface area contributed by atoms with E-state index in [0.717, 1.165) is 11.1 Å². The SMILES string of the molecule is COC(=O)[C@H]1[C@H]2c3ccccc3O[C@@]1(C)N=c1s/c(=C\c3ccccc3OC)c(=O)n12. The third-order valence-electron chi connectivity index (χ3n) is 5.76. The first-order chi connectivity index (χ1) is 15.0. The number of aromatic nitrogens is 1. The van der Waals surface area contributed by atoms with Crippen molar-refractivity contribution in [1.82, 2.24) is 4.57 Å². The molecule has 158 valence electrons. The van der Waals surface area contributed by atoms with Crippen LogP contribution in [0.25, 0.3) is 6.08 Å². The van der Waals surface area contributed by atoms with Gasteiger partial charge in [0, 0.05) is 11.1 Å². The van der Waals surface area contributed by atoms with Gasteiger partial charge in [-0.3, -0.25) is 14.2 Å². The van der Waals surface area contributed by atoms with Crippen molar-refractivity contribution in [3.05, 3.63) is 79.3 Å². The summed E-state index contributed by atoms with van der Waals surface area (Å²) < 4.78 is 18.8. The molecule has 0 amide bonds. The maximum absolute atomic E-state index is 13.5. The van der Waals surface area contributed by atoms with Crippen molar-refractivity contribution in [3.63, 3.8) is 0 Å². The third-order valence-corrected chi connectivity index (χ3v) is 6.74. The highest BCUT2D eigenvalue weighted by molar-refractivity contribution is 7.07. The topological polar surface area (TPSA) is 79.1 Å². The Morgan fingerprint density at radius 1 is 1.19 bits per heavy atom. The molecule has 0 N–H and O–H groups in total. The number of para-hydroxylation sites is 2. The molecule has 2 aliphatic heterocycles. The number of fused-ring (bicyclic) bond motifs is 6. The molecule has 7 nitrogen and oxygen atoms in total. The van der Waals surface area contributed by atoms with Gasteiger partial charge in [-0.05, 0) is 25.1 Å². The van der Waals surface area contributed by atoms with Gasteiger partial charge in [-0.15, -0.1) is 0 Å². The molecular formula is C23H20N2O5S. The highest BCUT2D eigenvalue weighted by atomic mass is 32.1. The summed E-state index contributed by atoms with van der Waals surface area (Å²) in [5, 5.41) is 0. The molecule has 0 spiro atoms. The molecule has 1 aromatic heterocycles. The van der Waals surface area contributed by atoms with Crippen LogP contribution < -0.4 is 24.4 Å². The zero-order valence-corrected chi connectivity index (χ0v) is 18.0. The number of rotatable bonds is 3. The van der Waals surface area contributed by atoms with Gasteiger partial charge in [0.2, 0.25) is 5.72 Å². The molecule has 0 fully saturated rings. The van der Waals surface area contributed by atoms with Gasteiger partial charge in [0.25, 0.3) is 5.56 Å². The number of methoxy groups -OCH3 is 2. The Morgan fingerprint density at radius 3 is 2.71 bits per heavy atom. The second-order valence-electron chi connectivity index (χ2n) is 7.56. The molecule has 3 atom stereocenters. The second kappa shape index (κ2) is 7.09. The first-order valence-electron chi connectivity index (χ1n) is 9.78. The fourth-order valence-corrected chi connectivity index (χ4v) is 5.45. The van der Waals surface area contributed by atoms with Crippen LogP contribution in [0, 0.1) is 5.92 Å². The van der Waals surface area contributed by atoms with E-state index in [-0.39, 0.29) is 5.56 Å². The van der Waals surface area contributed by atoms with Crippen molar-refractivity contribution >= 4 is 23.4 Å². The fourth-order valence-electron chi connectivity index (χ4n) is 4.36. The highest BCUT2D eigenvalue weighted by Gasteiger charge is 2.55. The second-order valence-corrected chi connectivity index (χ2v) is 8.57. The lowest BCUT2D eigenvalue weighted by Crippen LogP contribution is -2.58. The zero-order valence-electron chi connectivity index (χ0n) is 17.2. The number of hydrogen-bond acceptors (Lipinski definition) is 7. The van der Waals surface area contributed by atoms with E-state index >= 15 is 0 Å². The molecule has 0 unspecified atom stereocenters. The molecule has 3 aromatic rings. The van der Waals surface area contributed by atoms with Gasteiger partial charge < -0.3 is 14.2 Å². The molecule has 0 aliphatic carbocycles. The molecule has 0 saturated carbocycles. The van der Waals surface area contributed by atoms with Crippen LogP contribution in [0.1, 0.15) is 24.1 Å². The van der Waals surface area contributed by atoms with Gasteiger partial charge in [0.15, 0.2) is 4.80 Å². The van der Waals surface area contributed by atoms with Gasteiger partial charge in [0.1, 0.15) is 17.4 Å². The number of thiazole rings is 1. The first kappa shape index (κ1) is 19.6. The Bertz CT molecular complexity index is 1380. The van der Waals surface area contributed by atoms with Crippen molar-refractivity contribution in [3.8, 4) is 11.5 Å². The van der Waals surface area contributed by atoms with Crippen LogP contribution >= 0.6 is 11.3 Å². The van der Waals surface area contributed by atoms with Crippen molar-refractivity contribution in [2.24, 2.45) is 10.9 Å². The van der Waals surface area contributed by atoms with Gasteiger partial charge in [-0.1, -0.05) is 47.7 Å². The van der Waals surface area contributed by atoms with E-state index in [9.17, 15) is 9.59 Å². The smallest absolute Gasteiger partial charge is 0.317 e. The van der Waals surface area contributed by atoms with Gasteiger partial charge >= 0.3 is 5.97 Å². The Kier molecular flexibility index (Phi) is 4.48. The predicted octanol–water partition coefficient (Wildman–Crippen LogP) is 1.87. The molecule has 8 heteroatoms. The largest absolute Gasteiger partial charge is 0.496 e. The minimum absolute atomic E-state index is 0.215. The van der Waals surface area contributed by atoms with Gasteiger partial charge in [0.05, 0.1) is 24.8 Å². The van der Waals surface area contributed by atoms with Gasteiger partial charge in [-0.2, -0.15) is 0 Å². The average Bonchev–Trinajstić information content (AvgIpc) is 3.06. The molecule has 3 heterocycles. The number of esters is 1. The number of ether oxygens (including phenoxy) is 3. The lowest BCUT2D eigenvalue weighted by Gasteiger charge is -2.44. The fraction of sp³-hybridized carbons (Fsp3) is 0.261. The van der Waals surface area contributed by atoms with E-state index in [4.69, 9.17) is 19.2 Å². The Morgan fingerprint density at radius 2 is 1.94 bits per heavy atom. The third kappa shape index (κ3) is 2.90. The number of benzene rings is 2. The monoisotopic (exact) mass is 436 g/mol. The van der Waals surface area contributed by atoms with Crippen LogP contribution in [0.2, 0.25) is 0 Å². The molecule has 5 rings (SSSR count). The van der Waals surface area contributed by atoms with Crippen LogP contribution in [0.3, 0.4) is 0 Å². The lowest BCUT2D eigenvalue weighted by molar-refractivity contribution is -0.158. The highest BCUT2D eigenvalue weighted by Crippen LogP contribution is 2.47. The summed E-state index contributed by atoms with van der Waals surface area (Å²) in [5.74, 6) is 0.0241. The van der Waals surface area contributed by atoms with E-state index in [1.807, 2.05) is 48.5 Å². The standard InChI is InChI=1S/C23H20N2O5S/c1-23-18(21(27)29-3)19(14-9-5-7-11-16(14)30-23)25-20(26)17(31-22(25)24-23)12-13-8-4-6-10-15(13)28-2/h4-12,18-19H,1-3H3/b17-12-/t18-,19-,23-/m1/s1. The number of nitrogens with zero attached hydrogens (tertiary/aromatic N) is 2. The number of carbonyl (C=O) groups is 1. The predicted molar refractivity (Wildman–Crippen MR) is 115 cm³/mol. The Labute approximate surface area is 181 Å². The molecule has 2 bridgehead atoms. The molecule has 2 aliphatic rings. The van der Waals surface area contributed by atoms with Gasteiger partial charge in [-0.25, -0.2) is 4.99 Å². The minimum atomic E-state index is -1.18. The van der Waals surface area contributed by atoms with Crippen molar-refractivity contribution in [2.75, 3.05) is 14.2 Å². The molecular weight excluding hydrogens is 416 g/mol. The van der Waals surface area contributed by atoms with E-state index in [2.05, 4.69) is 0 Å². The quantitative estimate of drug-likeness (QED) is 0.586. The first-order valence-corrected chi connectivity index (χ1v) is 10.6. The van der Waals surface area contributed by atoms with Crippen LogP contribution in [0.4, 0.5) is 0 Å². The Hall–Kier alpha value is -3.39. The molecule has 31 heavy (non-hydrogen) atoms. The van der Waals surface area contributed by atoms with Crippen molar-refractivity contribution in [2.45, 2.75) is 18.7 Å². The van der Waals surface area contributed by atoms with Crippen LogP contribution in [-0.4, -0.2) is 30.5 Å². The summed E-state index contributed by atoms with van der Waals surface area (Å²) in [7, 11) is 2.92. The van der Waals surface area contributed by atoms with Crippen LogP contribution in [0.15, 0.2) is 58.3 Å². The minimum Gasteiger partial charge on any atom is -0.496 e. The van der Waals surface area contributed by atoms with Crippen molar-refractivity contribution in [1.29, 1.82) is 0 Å². The maximum Gasteiger partial charge on any atom is 0.317 e. The van der Waals surface area contributed by atoms with Crippen LogP contribution in [0.5, 0.6) is 11.5 Å². The summed E-state index contributed by atoms with van der Waals surface area (Å²) in [4.78, 5) is 31.6. The number of hydrogen-bond donors (Lipinski definition) is 0.